The van der Waals surface area contributed by atoms with E-state index in [1.54, 1.807) is 0 Å². The molecule has 1 saturated carbocycles. The highest BCUT2D eigenvalue weighted by Crippen LogP contribution is 2.38. The van der Waals surface area contributed by atoms with Crippen molar-refractivity contribution >= 4 is 11.9 Å². The highest BCUT2D eigenvalue weighted by atomic mass is 16.5. The number of carbonyl (C=O) groups excluding carboxylic acids is 1. The summed E-state index contributed by atoms with van der Waals surface area (Å²) in [5.41, 5.74) is 1.63. The molecular weight excluding hydrogens is 394 g/mol. The lowest BCUT2D eigenvalue weighted by Crippen LogP contribution is -2.49. The second-order valence-corrected chi connectivity index (χ2v) is 8.29. The van der Waals surface area contributed by atoms with Crippen molar-refractivity contribution in [3.8, 4) is 11.9 Å². The fraction of sp³-hybridized carbons (Fsp3) is 0.417. The van der Waals surface area contributed by atoms with Gasteiger partial charge in [0.1, 0.15) is 17.7 Å². The summed E-state index contributed by atoms with van der Waals surface area (Å²) in [5, 5.41) is 18.7. The van der Waals surface area contributed by atoms with Crippen LogP contribution in [-0.4, -0.2) is 45.6 Å². The Labute approximate surface area is 181 Å². The number of hydrogen-bond acceptors (Lipinski definition) is 5. The number of carboxylic acids is 1. The first-order valence-corrected chi connectivity index (χ1v) is 10.7. The van der Waals surface area contributed by atoms with Gasteiger partial charge in [-0.1, -0.05) is 24.6 Å². The second-order valence-electron chi connectivity index (χ2n) is 8.29. The van der Waals surface area contributed by atoms with E-state index in [1.165, 1.54) is 18.7 Å². The van der Waals surface area contributed by atoms with E-state index in [0.717, 1.165) is 30.4 Å². The van der Waals surface area contributed by atoms with Crippen LogP contribution in [0.2, 0.25) is 0 Å². The number of aromatic carboxylic acids is 1. The molecule has 1 aromatic carbocycles. The Morgan fingerprint density at radius 3 is 2.65 bits per heavy atom. The monoisotopic (exact) mass is 419 g/mol. The van der Waals surface area contributed by atoms with Crippen LogP contribution in [0.3, 0.4) is 0 Å². The van der Waals surface area contributed by atoms with Gasteiger partial charge in [0.2, 0.25) is 5.88 Å². The van der Waals surface area contributed by atoms with Gasteiger partial charge in [0.15, 0.2) is 0 Å². The van der Waals surface area contributed by atoms with Crippen LogP contribution in [0.5, 0.6) is 5.88 Å². The molecular formula is C24H25N3O4. The Hall–Kier alpha value is -3.40. The number of pyridine rings is 1. The van der Waals surface area contributed by atoms with Crippen molar-refractivity contribution in [1.29, 1.82) is 5.26 Å². The van der Waals surface area contributed by atoms with Crippen LogP contribution in [0, 0.1) is 11.3 Å². The SMILES string of the molecule is CC1CCC(Oc2nccc(C#N)c2C(=O)O)CN1C(=O)c1ccccc1C1CCC1. The lowest BCUT2D eigenvalue weighted by atomic mass is 9.78. The highest BCUT2D eigenvalue weighted by Gasteiger charge is 2.34. The Bertz CT molecular complexity index is 1040. The summed E-state index contributed by atoms with van der Waals surface area (Å²) in [6.45, 7) is 2.37. The van der Waals surface area contributed by atoms with Crippen LogP contribution < -0.4 is 4.74 Å². The third-order valence-electron chi connectivity index (χ3n) is 6.36. The van der Waals surface area contributed by atoms with E-state index in [-0.39, 0.29) is 29.0 Å². The zero-order valence-corrected chi connectivity index (χ0v) is 17.5. The van der Waals surface area contributed by atoms with E-state index in [2.05, 4.69) is 11.1 Å². The summed E-state index contributed by atoms with van der Waals surface area (Å²) < 4.78 is 5.93. The number of carbonyl (C=O) groups is 2. The maximum Gasteiger partial charge on any atom is 0.342 e. The van der Waals surface area contributed by atoms with Gasteiger partial charge in [0.25, 0.3) is 5.91 Å². The molecule has 0 bridgehead atoms. The molecule has 7 heteroatoms. The van der Waals surface area contributed by atoms with E-state index in [1.807, 2.05) is 36.1 Å². The molecule has 160 valence electrons. The number of hydrogen-bond donors (Lipinski definition) is 1. The van der Waals surface area contributed by atoms with Gasteiger partial charge in [-0.25, -0.2) is 9.78 Å². The van der Waals surface area contributed by atoms with Crippen LogP contribution in [0.25, 0.3) is 0 Å². The fourth-order valence-electron chi connectivity index (χ4n) is 4.36. The lowest BCUT2D eigenvalue weighted by Gasteiger charge is -2.39. The van der Waals surface area contributed by atoms with Crippen molar-refractivity contribution in [1.82, 2.24) is 9.88 Å². The van der Waals surface area contributed by atoms with Crippen molar-refractivity contribution in [3.63, 3.8) is 0 Å². The van der Waals surface area contributed by atoms with Crippen molar-refractivity contribution in [2.45, 2.75) is 57.1 Å². The van der Waals surface area contributed by atoms with Crippen molar-refractivity contribution < 1.29 is 19.4 Å². The summed E-state index contributed by atoms with van der Waals surface area (Å²) in [4.78, 5) is 31.0. The molecule has 2 unspecified atom stereocenters. The second kappa shape index (κ2) is 8.76. The predicted octanol–water partition coefficient (Wildman–Crippen LogP) is 3.99. The number of nitriles is 1. The van der Waals surface area contributed by atoms with Crippen molar-refractivity contribution in [3.05, 3.63) is 58.8 Å². The molecule has 2 fully saturated rings. The first-order valence-electron chi connectivity index (χ1n) is 10.7. The van der Waals surface area contributed by atoms with Crippen molar-refractivity contribution in [2.24, 2.45) is 0 Å². The van der Waals surface area contributed by atoms with Gasteiger partial charge in [-0.2, -0.15) is 5.26 Å². The number of amides is 1. The van der Waals surface area contributed by atoms with Crippen LogP contribution in [0.15, 0.2) is 36.5 Å². The molecule has 31 heavy (non-hydrogen) atoms. The van der Waals surface area contributed by atoms with Crippen LogP contribution >= 0.6 is 0 Å². The molecule has 1 amide bonds. The molecule has 4 rings (SSSR count). The third kappa shape index (κ3) is 4.11. The van der Waals surface area contributed by atoms with E-state index in [9.17, 15) is 20.0 Å². The quantitative estimate of drug-likeness (QED) is 0.786. The molecule has 1 aliphatic carbocycles. The van der Waals surface area contributed by atoms with Gasteiger partial charge >= 0.3 is 5.97 Å². The Morgan fingerprint density at radius 1 is 1.19 bits per heavy atom. The average molecular weight is 419 g/mol. The molecule has 2 atom stereocenters. The summed E-state index contributed by atoms with van der Waals surface area (Å²) in [6, 6.07) is 11.1. The maximum absolute atomic E-state index is 13.5. The van der Waals surface area contributed by atoms with E-state index < -0.39 is 12.1 Å². The number of ether oxygens (including phenoxy) is 1. The molecule has 2 aliphatic rings. The predicted molar refractivity (Wildman–Crippen MR) is 113 cm³/mol. The normalized spacial score (nSPS) is 21.1. The largest absolute Gasteiger partial charge is 0.477 e. The van der Waals surface area contributed by atoms with Gasteiger partial charge < -0.3 is 14.7 Å². The topological polar surface area (TPSA) is 104 Å². The maximum atomic E-state index is 13.5. The van der Waals surface area contributed by atoms with Gasteiger partial charge in [-0.15, -0.1) is 0 Å². The summed E-state index contributed by atoms with van der Waals surface area (Å²) in [5.74, 6) is -0.900. The number of rotatable bonds is 5. The third-order valence-corrected chi connectivity index (χ3v) is 6.36. The number of piperidine rings is 1. The first kappa shape index (κ1) is 20.9. The molecule has 1 aliphatic heterocycles. The minimum atomic E-state index is -1.26. The number of benzene rings is 1. The molecule has 1 saturated heterocycles. The summed E-state index contributed by atoms with van der Waals surface area (Å²) in [7, 11) is 0. The zero-order chi connectivity index (χ0) is 22.0. The van der Waals surface area contributed by atoms with Gasteiger partial charge in [-0.3, -0.25) is 4.79 Å². The van der Waals surface area contributed by atoms with Crippen molar-refractivity contribution in [2.75, 3.05) is 6.54 Å². The zero-order valence-electron chi connectivity index (χ0n) is 17.5. The highest BCUT2D eigenvalue weighted by molar-refractivity contribution is 5.96. The summed E-state index contributed by atoms with van der Waals surface area (Å²) in [6.07, 6.45) is 5.81. The molecule has 0 spiro atoms. The average Bonchev–Trinajstić information content (AvgIpc) is 2.73. The first-order chi connectivity index (χ1) is 15.0. The number of nitrogens with zero attached hydrogens (tertiary/aromatic N) is 3. The van der Waals surface area contributed by atoms with E-state index >= 15 is 0 Å². The Balaban J connectivity index is 1.56. The minimum Gasteiger partial charge on any atom is -0.477 e. The smallest absolute Gasteiger partial charge is 0.342 e. The van der Waals surface area contributed by atoms with Gasteiger partial charge in [0, 0.05) is 17.8 Å². The molecule has 2 aromatic rings. The number of likely N-dealkylation sites (tertiary alicyclic amines) is 1. The molecule has 0 radical (unpaired) electrons. The van der Waals surface area contributed by atoms with Crippen LogP contribution in [0.1, 0.15) is 76.8 Å². The molecule has 7 nitrogen and oxygen atoms in total. The lowest BCUT2D eigenvalue weighted by molar-refractivity contribution is 0.0361. The Kier molecular flexibility index (Phi) is 5.90. The Morgan fingerprint density at radius 2 is 1.97 bits per heavy atom. The van der Waals surface area contributed by atoms with Gasteiger partial charge in [0.05, 0.1) is 12.1 Å². The fourth-order valence-corrected chi connectivity index (χ4v) is 4.36. The van der Waals surface area contributed by atoms with Gasteiger partial charge in [-0.05, 0) is 56.2 Å². The summed E-state index contributed by atoms with van der Waals surface area (Å²) >= 11 is 0. The standard InChI is InChI=1S/C24H25N3O4/c1-15-9-10-18(31-22-21(24(29)30)17(13-25)11-12-26-22)14-27(15)23(28)20-8-3-2-7-19(20)16-5-4-6-16/h2-3,7-8,11-12,15-16,18H,4-6,9-10,14H2,1H3,(H,29,30). The molecule has 1 aromatic heterocycles. The number of carboxylic acid groups (broad SMARTS) is 1. The molecule has 2 heterocycles. The molecule has 1 N–H and O–H groups in total. The van der Waals surface area contributed by atoms with Crippen LogP contribution in [-0.2, 0) is 0 Å². The van der Waals surface area contributed by atoms with E-state index in [4.69, 9.17) is 4.74 Å². The number of aromatic nitrogens is 1. The van der Waals surface area contributed by atoms with Crippen LogP contribution in [0.4, 0.5) is 0 Å². The van der Waals surface area contributed by atoms with E-state index in [0.29, 0.717) is 18.9 Å². The minimum absolute atomic E-state index is 0.00374.